The van der Waals surface area contributed by atoms with Gasteiger partial charge in [0.2, 0.25) is 5.82 Å². The summed E-state index contributed by atoms with van der Waals surface area (Å²) in [6.07, 6.45) is 0. The van der Waals surface area contributed by atoms with Crippen LogP contribution in [-0.2, 0) is 6.54 Å². The highest BCUT2D eigenvalue weighted by Gasteiger charge is 2.15. The molecule has 106 valence electrons. The highest BCUT2D eigenvalue weighted by atomic mass is 79.9. The van der Waals surface area contributed by atoms with Crippen LogP contribution in [0.5, 0.6) is 0 Å². The van der Waals surface area contributed by atoms with Gasteiger partial charge in [0.1, 0.15) is 5.82 Å². The van der Waals surface area contributed by atoms with E-state index in [2.05, 4.69) is 31.5 Å². The zero-order chi connectivity index (χ0) is 14.5. The Hall–Kier alpha value is -1.67. The molecule has 0 aliphatic heterocycles. The molecule has 2 N–H and O–H groups in total. The SMILES string of the molecule is CCNc1ccc([N+](=O)[O-])c(NCc2ccc(Br)s2)n1. The third kappa shape index (κ3) is 3.67. The molecule has 0 saturated carbocycles. The molecule has 6 nitrogen and oxygen atoms in total. The molecule has 0 spiro atoms. The Morgan fingerprint density at radius 2 is 2.15 bits per heavy atom. The lowest BCUT2D eigenvalue weighted by atomic mass is 10.3. The summed E-state index contributed by atoms with van der Waals surface area (Å²) in [5.74, 6) is 0.894. The fourth-order valence-electron chi connectivity index (χ4n) is 1.63. The van der Waals surface area contributed by atoms with E-state index in [1.165, 1.54) is 6.07 Å². The fraction of sp³-hybridized carbons (Fsp3) is 0.250. The number of halogens is 1. The van der Waals surface area contributed by atoms with Crippen LogP contribution in [0.2, 0.25) is 0 Å². The first-order chi connectivity index (χ1) is 9.60. The molecule has 2 aromatic rings. The molecule has 0 amide bonds. The molecule has 20 heavy (non-hydrogen) atoms. The lowest BCUT2D eigenvalue weighted by molar-refractivity contribution is -0.384. The highest BCUT2D eigenvalue weighted by Crippen LogP contribution is 2.26. The summed E-state index contributed by atoms with van der Waals surface area (Å²) in [5, 5.41) is 17.1. The number of pyridine rings is 1. The minimum absolute atomic E-state index is 0.0257. The third-order valence-corrected chi connectivity index (χ3v) is 4.11. The number of anilines is 2. The number of hydrogen-bond acceptors (Lipinski definition) is 6. The Morgan fingerprint density at radius 1 is 1.35 bits per heavy atom. The van der Waals surface area contributed by atoms with E-state index in [1.807, 2.05) is 19.1 Å². The van der Waals surface area contributed by atoms with Crippen molar-refractivity contribution in [3.8, 4) is 0 Å². The van der Waals surface area contributed by atoms with E-state index < -0.39 is 4.92 Å². The predicted octanol–water partition coefficient (Wildman–Crippen LogP) is 3.86. The van der Waals surface area contributed by atoms with Crippen molar-refractivity contribution in [1.29, 1.82) is 0 Å². The Bertz CT molecular complexity index is 617. The van der Waals surface area contributed by atoms with Gasteiger partial charge < -0.3 is 10.6 Å². The summed E-state index contributed by atoms with van der Waals surface area (Å²) in [4.78, 5) is 15.9. The molecule has 0 aliphatic carbocycles. The van der Waals surface area contributed by atoms with Gasteiger partial charge in [-0.05, 0) is 41.1 Å². The van der Waals surface area contributed by atoms with Gasteiger partial charge in [-0.3, -0.25) is 10.1 Å². The molecule has 0 aromatic carbocycles. The van der Waals surface area contributed by atoms with Crippen molar-refractivity contribution in [2.45, 2.75) is 13.5 Å². The van der Waals surface area contributed by atoms with E-state index in [0.29, 0.717) is 18.9 Å². The summed E-state index contributed by atoms with van der Waals surface area (Å²) in [5.41, 5.74) is -0.0257. The van der Waals surface area contributed by atoms with Crippen LogP contribution >= 0.6 is 27.3 Å². The molecule has 0 bridgehead atoms. The van der Waals surface area contributed by atoms with Crippen LogP contribution in [0.3, 0.4) is 0 Å². The summed E-state index contributed by atoms with van der Waals surface area (Å²) in [6, 6.07) is 6.96. The van der Waals surface area contributed by atoms with Gasteiger partial charge in [-0.1, -0.05) is 0 Å². The average Bonchev–Trinajstić information content (AvgIpc) is 2.82. The van der Waals surface area contributed by atoms with E-state index in [9.17, 15) is 10.1 Å². The smallest absolute Gasteiger partial charge is 0.311 e. The number of nitro groups is 1. The maximum Gasteiger partial charge on any atom is 0.311 e. The molecule has 0 fully saturated rings. The number of nitrogens with one attached hydrogen (secondary N) is 2. The van der Waals surface area contributed by atoms with Gasteiger partial charge in [-0.15, -0.1) is 11.3 Å². The maximum atomic E-state index is 11.0. The van der Waals surface area contributed by atoms with Gasteiger partial charge in [0.05, 0.1) is 15.3 Å². The van der Waals surface area contributed by atoms with Gasteiger partial charge in [0, 0.05) is 17.5 Å². The molecule has 2 rings (SSSR count). The van der Waals surface area contributed by atoms with Crippen molar-refractivity contribution in [1.82, 2.24) is 4.98 Å². The lowest BCUT2D eigenvalue weighted by Crippen LogP contribution is -2.06. The van der Waals surface area contributed by atoms with E-state index >= 15 is 0 Å². The van der Waals surface area contributed by atoms with Crippen LogP contribution in [0.1, 0.15) is 11.8 Å². The van der Waals surface area contributed by atoms with Crippen LogP contribution < -0.4 is 10.6 Å². The second kappa shape index (κ2) is 6.67. The summed E-state index contributed by atoms with van der Waals surface area (Å²) in [6.45, 7) is 3.15. The second-order valence-corrected chi connectivity index (χ2v) is 6.46. The normalized spacial score (nSPS) is 10.3. The van der Waals surface area contributed by atoms with E-state index in [-0.39, 0.29) is 11.5 Å². The van der Waals surface area contributed by atoms with Crippen LogP contribution in [0.25, 0.3) is 0 Å². The van der Waals surface area contributed by atoms with Crippen molar-refractivity contribution in [3.63, 3.8) is 0 Å². The first-order valence-corrected chi connectivity index (χ1v) is 7.58. The Morgan fingerprint density at radius 3 is 2.75 bits per heavy atom. The number of rotatable bonds is 6. The first kappa shape index (κ1) is 14.7. The molecule has 0 atom stereocenters. The Balaban J connectivity index is 2.18. The summed E-state index contributed by atoms with van der Waals surface area (Å²) in [7, 11) is 0. The minimum Gasteiger partial charge on any atom is -0.370 e. The summed E-state index contributed by atoms with van der Waals surface area (Å²) < 4.78 is 1.03. The summed E-state index contributed by atoms with van der Waals surface area (Å²) >= 11 is 4.96. The second-order valence-electron chi connectivity index (χ2n) is 3.91. The van der Waals surface area contributed by atoms with Crippen LogP contribution in [0, 0.1) is 10.1 Å². The van der Waals surface area contributed by atoms with Gasteiger partial charge in [0.15, 0.2) is 0 Å². The number of thiophene rings is 1. The third-order valence-electron chi connectivity index (χ3n) is 2.49. The molecule has 0 radical (unpaired) electrons. The van der Waals surface area contributed by atoms with Gasteiger partial charge in [0.25, 0.3) is 0 Å². The Labute approximate surface area is 128 Å². The van der Waals surface area contributed by atoms with E-state index in [0.717, 1.165) is 8.66 Å². The number of nitrogens with zero attached hydrogens (tertiary/aromatic N) is 2. The highest BCUT2D eigenvalue weighted by molar-refractivity contribution is 9.11. The van der Waals surface area contributed by atoms with Crippen molar-refractivity contribution in [2.24, 2.45) is 0 Å². The molecule has 8 heteroatoms. The fourth-order valence-corrected chi connectivity index (χ4v) is 3.05. The molecular formula is C12H13BrN4O2S. The molecule has 0 aliphatic rings. The van der Waals surface area contributed by atoms with E-state index in [4.69, 9.17) is 0 Å². The predicted molar refractivity (Wildman–Crippen MR) is 84.4 cm³/mol. The topological polar surface area (TPSA) is 80.1 Å². The minimum atomic E-state index is -0.435. The molecule has 0 saturated heterocycles. The van der Waals surface area contributed by atoms with Crippen LogP contribution in [0.4, 0.5) is 17.3 Å². The zero-order valence-corrected chi connectivity index (χ0v) is 13.1. The first-order valence-electron chi connectivity index (χ1n) is 5.97. The average molecular weight is 357 g/mol. The van der Waals surface area contributed by atoms with Crippen molar-refractivity contribution in [3.05, 3.63) is 43.0 Å². The standard InChI is InChI=1S/C12H13BrN4O2S/c1-2-14-11-6-4-9(17(18)19)12(16-11)15-7-8-3-5-10(13)20-8/h3-6H,2,7H2,1H3,(H2,14,15,16). The van der Waals surface area contributed by atoms with Crippen LogP contribution in [-0.4, -0.2) is 16.5 Å². The largest absolute Gasteiger partial charge is 0.370 e. The number of hydrogen-bond donors (Lipinski definition) is 2. The van der Waals surface area contributed by atoms with Gasteiger partial charge in [-0.25, -0.2) is 4.98 Å². The van der Waals surface area contributed by atoms with Crippen LogP contribution in [0.15, 0.2) is 28.1 Å². The molecule has 0 unspecified atom stereocenters. The van der Waals surface area contributed by atoms with Crippen molar-refractivity contribution in [2.75, 3.05) is 17.2 Å². The van der Waals surface area contributed by atoms with Gasteiger partial charge in [-0.2, -0.15) is 0 Å². The quantitative estimate of drug-likeness (QED) is 0.606. The molecular weight excluding hydrogens is 344 g/mol. The monoisotopic (exact) mass is 356 g/mol. The van der Waals surface area contributed by atoms with Crippen molar-refractivity contribution < 1.29 is 4.92 Å². The van der Waals surface area contributed by atoms with Crippen molar-refractivity contribution >= 4 is 44.6 Å². The number of aromatic nitrogens is 1. The molecule has 2 aromatic heterocycles. The maximum absolute atomic E-state index is 11.0. The Kier molecular flexibility index (Phi) is 4.91. The molecule has 2 heterocycles. The zero-order valence-electron chi connectivity index (χ0n) is 10.7. The van der Waals surface area contributed by atoms with E-state index in [1.54, 1.807) is 17.4 Å². The van der Waals surface area contributed by atoms with Gasteiger partial charge >= 0.3 is 5.69 Å². The lowest BCUT2D eigenvalue weighted by Gasteiger charge is -2.08.